The topological polar surface area (TPSA) is 55.8 Å². The molecule has 4 heteroatoms. The minimum Gasteiger partial charge on any atom is -0.489 e. The van der Waals surface area contributed by atoms with Crippen molar-refractivity contribution < 1.29 is 19.4 Å². The number of esters is 1. The lowest BCUT2D eigenvalue weighted by Crippen LogP contribution is -2.12. The number of aryl methyl sites for hydroxylation is 1. The highest BCUT2D eigenvalue weighted by molar-refractivity contribution is 5.86. The molecule has 0 aliphatic rings. The Morgan fingerprint density at radius 2 is 1.74 bits per heavy atom. The first kappa shape index (κ1) is 20.7. The van der Waals surface area contributed by atoms with Crippen LogP contribution in [0.25, 0.3) is 11.1 Å². The molecule has 0 bridgehead atoms. The number of hydrogen-bond acceptors (Lipinski definition) is 4. The van der Waals surface area contributed by atoms with E-state index in [4.69, 9.17) is 14.6 Å². The van der Waals surface area contributed by atoms with Crippen LogP contribution in [0.15, 0.2) is 54.6 Å². The fraction of sp³-hybridized carbons (Fsp3) is 0.348. The van der Waals surface area contributed by atoms with Gasteiger partial charge in [-0.05, 0) is 42.5 Å². The maximum absolute atomic E-state index is 11.5. The van der Waals surface area contributed by atoms with Gasteiger partial charge in [-0.25, -0.2) is 4.79 Å². The largest absolute Gasteiger partial charge is 0.489 e. The van der Waals surface area contributed by atoms with Gasteiger partial charge in [0.25, 0.3) is 0 Å². The summed E-state index contributed by atoms with van der Waals surface area (Å²) in [7, 11) is 0. The van der Waals surface area contributed by atoms with E-state index >= 15 is 0 Å². The summed E-state index contributed by atoms with van der Waals surface area (Å²) in [6, 6.07) is 14.4. The molecular formula is C23H28O4. The summed E-state index contributed by atoms with van der Waals surface area (Å²) in [6.07, 6.45) is 2.69. The fourth-order valence-electron chi connectivity index (χ4n) is 2.76. The van der Waals surface area contributed by atoms with Gasteiger partial charge in [-0.2, -0.15) is 0 Å². The van der Waals surface area contributed by atoms with Crippen LogP contribution in [-0.2, 0) is 22.4 Å². The number of aliphatic hydroxyl groups is 1. The van der Waals surface area contributed by atoms with Crippen LogP contribution >= 0.6 is 0 Å². The summed E-state index contributed by atoms with van der Waals surface area (Å²) in [6.45, 7) is 7.93. The molecule has 0 atom stereocenters. The van der Waals surface area contributed by atoms with Crippen molar-refractivity contribution >= 4 is 5.97 Å². The van der Waals surface area contributed by atoms with Crippen LogP contribution in [0.5, 0.6) is 5.75 Å². The average Bonchev–Trinajstić information content (AvgIpc) is 2.66. The normalized spacial score (nSPS) is 10.5. The van der Waals surface area contributed by atoms with Crippen molar-refractivity contribution in [3.05, 3.63) is 65.7 Å². The van der Waals surface area contributed by atoms with E-state index in [2.05, 4.69) is 31.7 Å². The summed E-state index contributed by atoms with van der Waals surface area (Å²) < 4.78 is 11.0. The predicted molar refractivity (Wildman–Crippen MR) is 108 cm³/mol. The highest BCUT2D eigenvalue weighted by Crippen LogP contribution is 2.32. The second-order valence-corrected chi connectivity index (χ2v) is 6.52. The molecule has 0 spiro atoms. The Morgan fingerprint density at radius 3 is 2.37 bits per heavy atom. The third kappa shape index (κ3) is 6.26. The summed E-state index contributed by atoms with van der Waals surface area (Å²) in [4.78, 5) is 11.5. The van der Waals surface area contributed by atoms with Gasteiger partial charge in [-0.1, -0.05) is 56.3 Å². The third-order valence-corrected chi connectivity index (χ3v) is 4.17. The molecule has 2 aromatic carbocycles. The lowest BCUT2D eigenvalue weighted by atomic mass is 9.99. The summed E-state index contributed by atoms with van der Waals surface area (Å²) >= 11 is 0. The molecule has 0 unspecified atom stereocenters. The molecule has 0 fully saturated rings. The molecule has 0 amide bonds. The van der Waals surface area contributed by atoms with Crippen LogP contribution in [0.1, 0.15) is 31.4 Å². The first-order valence-electron chi connectivity index (χ1n) is 9.33. The van der Waals surface area contributed by atoms with Gasteiger partial charge in [0.15, 0.2) is 0 Å². The van der Waals surface area contributed by atoms with E-state index in [1.807, 2.05) is 24.3 Å². The van der Waals surface area contributed by atoms with Gasteiger partial charge >= 0.3 is 5.97 Å². The van der Waals surface area contributed by atoms with Crippen LogP contribution in [-0.4, -0.2) is 30.9 Å². The molecule has 27 heavy (non-hydrogen) atoms. The Bertz CT molecular complexity index is 762. The molecule has 2 rings (SSSR count). The second-order valence-electron chi connectivity index (χ2n) is 6.52. The Labute approximate surface area is 161 Å². The van der Waals surface area contributed by atoms with E-state index < -0.39 is 5.97 Å². The molecule has 0 heterocycles. The van der Waals surface area contributed by atoms with Gasteiger partial charge in [0.05, 0.1) is 0 Å². The van der Waals surface area contributed by atoms with E-state index in [0.29, 0.717) is 12.0 Å². The predicted octanol–water partition coefficient (Wildman–Crippen LogP) is 4.34. The minimum atomic E-state index is -0.405. The van der Waals surface area contributed by atoms with Crippen LogP contribution < -0.4 is 4.74 Å². The number of ether oxygens (including phenoxy) is 2. The Morgan fingerprint density at radius 1 is 1.04 bits per heavy atom. The van der Waals surface area contributed by atoms with Crippen molar-refractivity contribution in [3.8, 4) is 16.9 Å². The number of hydrogen-bond donors (Lipinski definition) is 1. The zero-order chi connectivity index (χ0) is 19.6. The van der Waals surface area contributed by atoms with E-state index in [1.54, 1.807) is 6.92 Å². The molecule has 1 N–H and O–H groups in total. The smallest absolute Gasteiger partial charge is 0.333 e. The van der Waals surface area contributed by atoms with Crippen molar-refractivity contribution in [2.24, 2.45) is 0 Å². The van der Waals surface area contributed by atoms with E-state index in [9.17, 15) is 4.79 Å². The average molecular weight is 368 g/mol. The summed E-state index contributed by atoms with van der Waals surface area (Å²) in [5, 5.41) is 9.06. The lowest BCUT2D eigenvalue weighted by Gasteiger charge is -2.14. The highest BCUT2D eigenvalue weighted by Gasteiger charge is 2.09. The summed E-state index contributed by atoms with van der Waals surface area (Å²) in [5.74, 6) is 0.375. The third-order valence-electron chi connectivity index (χ3n) is 4.17. The van der Waals surface area contributed by atoms with Crippen LogP contribution in [0.2, 0.25) is 0 Å². The van der Waals surface area contributed by atoms with E-state index in [1.165, 1.54) is 5.56 Å². The molecule has 144 valence electrons. The maximum atomic E-state index is 11.5. The Balaban J connectivity index is 2.15. The van der Waals surface area contributed by atoms with Crippen molar-refractivity contribution in [2.45, 2.75) is 33.1 Å². The van der Waals surface area contributed by atoms with Crippen LogP contribution in [0.3, 0.4) is 0 Å². The first-order valence-corrected chi connectivity index (χ1v) is 9.33. The van der Waals surface area contributed by atoms with Gasteiger partial charge in [0.1, 0.15) is 19.0 Å². The number of aliphatic hydroxyl groups excluding tert-OH is 1. The zero-order valence-corrected chi connectivity index (χ0v) is 16.2. The monoisotopic (exact) mass is 368 g/mol. The Hall–Kier alpha value is -2.59. The molecule has 2 aromatic rings. The molecule has 0 saturated carbocycles. The molecule has 0 aliphatic heterocycles. The van der Waals surface area contributed by atoms with Gasteiger partial charge in [-0.15, -0.1) is 0 Å². The van der Waals surface area contributed by atoms with Crippen molar-refractivity contribution in [2.75, 3.05) is 19.8 Å². The van der Waals surface area contributed by atoms with Gasteiger partial charge in [-0.3, -0.25) is 0 Å². The quantitative estimate of drug-likeness (QED) is 0.385. The van der Waals surface area contributed by atoms with Crippen molar-refractivity contribution in [3.63, 3.8) is 0 Å². The van der Waals surface area contributed by atoms with Crippen LogP contribution in [0, 0.1) is 0 Å². The zero-order valence-electron chi connectivity index (χ0n) is 16.2. The number of rotatable bonds is 10. The van der Waals surface area contributed by atoms with Gasteiger partial charge in [0, 0.05) is 17.7 Å². The number of carbonyl (C=O) groups is 1. The van der Waals surface area contributed by atoms with Crippen LogP contribution in [0.4, 0.5) is 0 Å². The van der Waals surface area contributed by atoms with E-state index in [0.717, 1.165) is 35.3 Å². The molecule has 0 aromatic heterocycles. The van der Waals surface area contributed by atoms with Gasteiger partial charge < -0.3 is 14.6 Å². The lowest BCUT2D eigenvalue weighted by molar-refractivity contribution is -0.139. The number of benzene rings is 2. The molecular weight excluding hydrogens is 340 g/mol. The highest BCUT2D eigenvalue weighted by atomic mass is 16.6. The second kappa shape index (κ2) is 10.5. The molecule has 0 aliphatic carbocycles. The minimum absolute atomic E-state index is 0.141. The van der Waals surface area contributed by atoms with Crippen molar-refractivity contribution in [1.29, 1.82) is 0 Å². The maximum Gasteiger partial charge on any atom is 0.333 e. The Kier molecular flexibility index (Phi) is 8.08. The first-order chi connectivity index (χ1) is 13.0. The molecule has 0 saturated heterocycles. The SMILES string of the molecule is C=C(C)C(=O)OCCOc1cc(CCC)ccc1-c1ccc(CCO)cc1. The number of carbonyl (C=O) groups excluding carboxylic acids is 1. The fourth-order valence-corrected chi connectivity index (χ4v) is 2.76. The summed E-state index contributed by atoms with van der Waals surface area (Å²) in [5.41, 5.74) is 4.74. The standard InChI is InChI=1S/C23H28O4/c1-4-5-19-8-11-21(20-9-6-18(7-10-20)12-13-24)22(16-19)26-14-15-27-23(25)17(2)3/h6-11,16,24H,2,4-5,12-15H2,1,3H3. The molecule has 0 radical (unpaired) electrons. The van der Waals surface area contributed by atoms with Gasteiger partial charge in [0.2, 0.25) is 0 Å². The molecule has 4 nitrogen and oxygen atoms in total. The van der Waals surface area contributed by atoms with Crippen molar-refractivity contribution in [1.82, 2.24) is 0 Å². The van der Waals surface area contributed by atoms with E-state index in [-0.39, 0.29) is 19.8 Å².